The summed E-state index contributed by atoms with van der Waals surface area (Å²) >= 11 is 0. The molecular weight excluding hydrogens is 316 g/mol. The largest absolute Gasteiger partial charge is 0.507 e. The fourth-order valence-corrected chi connectivity index (χ4v) is 2.99. The van der Waals surface area contributed by atoms with Gasteiger partial charge >= 0.3 is 0 Å². The summed E-state index contributed by atoms with van der Waals surface area (Å²) < 4.78 is 10.7. The van der Waals surface area contributed by atoms with E-state index in [9.17, 15) is 5.11 Å². The van der Waals surface area contributed by atoms with Crippen LogP contribution >= 0.6 is 0 Å². The molecule has 1 N–H and O–H groups in total. The van der Waals surface area contributed by atoms with Crippen molar-refractivity contribution in [1.82, 2.24) is 4.90 Å². The van der Waals surface area contributed by atoms with Gasteiger partial charge in [-0.25, -0.2) is 0 Å². The molecule has 1 fully saturated rings. The maximum Gasteiger partial charge on any atom is 0.124 e. The van der Waals surface area contributed by atoms with Crippen LogP contribution < -0.4 is 4.74 Å². The molecule has 1 heterocycles. The molecule has 0 radical (unpaired) electrons. The number of aliphatic imine (C=N–C) groups is 1. The maximum absolute atomic E-state index is 9.87. The molecule has 0 aliphatic carbocycles. The lowest BCUT2D eigenvalue weighted by molar-refractivity contribution is 0.0180. The lowest BCUT2D eigenvalue weighted by Gasteiger charge is -2.34. The minimum absolute atomic E-state index is 0.178. The number of nitrogens with zero attached hydrogens (tertiary/aromatic N) is 2. The van der Waals surface area contributed by atoms with Crippen LogP contribution in [-0.2, 0) is 4.74 Å². The van der Waals surface area contributed by atoms with E-state index in [0.717, 1.165) is 37.6 Å². The van der Waals surface area contributed by atoms with Crippen LogP contribution in [0.15, 0.2) is 53.5 Å². The van der Waals surface area contributed by atoms with E-state index in [2.05, 4.69) is 22.0 Å². The van der Waals surface area contributed by atoms with Crippen LogP contribution in [0.25, 0.3) is 0 Å². The Labute approximate surface area is 148 Å². The summed E-state index contributed by atoms with van der Waals surface area (Å²) in [5.74, 6) is 1.10. The molecule has 2 aromatic rings. The summed E-state index contributed by atoms with van der Waals surface area (Å²) in [6.07, 6.45) is 1.74. The molecule has 2 aromatic carbocycles. The summed E-state index contributed by atoms with van der Waals surface area (Å²) in [6.45, 7) is 3.90. The van der Waals surface area contributed by atoms with Gasteiger partial charge in [0.15, 0.2) is 0 Å². The third-order valence-corrected chi connectivity index (χ3v) is 4.43. The fraction of sp³-hybridized carbons (Fsp3) is 0.350. The van der Waals surface area contributed by atoms with Crippen molar-refractivity contribution in [3.05, 3.63) is 59.7 Å². The van der Waals surface area contributed by atoms with E-state index in [-0.39, 0.29) is 11.8 Å². The zero-order chi connectivity index (χ0) is 17.5. The van der Waals surface area contributed by atoms with Crippen molar-refractivity contribution in [2.75, 3.05) is 40.0 Å². The van der Waals surface area contributed by atoms with Crippen LogP contribution in [0.4, 0.5) is 0 Å². The molecule has 1 saturated heterocycles. The van der Waals surface area contributed by atoms with Gasteiger partial charge in [-0.1, -0.05) is 24.3 Å². The van der Waals surface area contributed by atoms with Gasteiger partial charge in [0, 0.05) is 24.9 Å². The van der Waals surface area contributed by atoms with Gasteiger partial charge in [-0.15, -0.1) is 0 Å². The van der Waals surface area contributed by atoms with Crippen molar-refractivity contribution in [3.8, 4) is 11.5 Å². The second kappa shape index (κ2) is 8.65. The minimum atomic E-state index is 0.178. The molecule has 0 aromatic heterocycles. The number of hydrogen-bond acceptors (Lipinski definition) is 5. The van der Waals surface area contributed by atoms with E-state index in [1.54, 1.807) is 25.5 Å². The molecule has 5 nitrogen and oxygen atoms in total. The smallest absolute Gasteiger partial charge is 0.124 e. The SMILES string of the molecule is COc1ccc([C@H](CN=Cc2ccccc2O)N2CCOCC2)cc1. The highest BCUT2D eigenvalue weighted by atomic mass is 16.5. The number of hydrogen-bond donors (Lipinski definition) is 1. The van der Waals surface area contributed by atoms with Gasteiger partial charge in [-0.3, -0.25) is 9.89 Å². The highest BCUT2D eigenvalue weighted by molar-refractivity contribution is 5.83. The van der Waals surface area contributed by atoms with Crippen LogP contribution in [0, 0.1) is 0 Å². The molecule has 0 amide bonds. The summed E-state index contributed by atoms with van der Waals surface area (Å²) in [5.41, 5.74) is 1.94. The lowest BCUT2D eigenvalue weighted by atomic mass is 10.0. The van der Waals surface area contributed by atoms with E-state index in [4.69, 9.17) is 9.47 Å². The Bertz CT molecular complexity index is 694. The van der Waals surface area contributed by atoms with Crippen molar-refractivity contribution in [1.29, 1.82) is 0 Å². The summed E-state index contributed by atoms with van der Waals surface area (Å²) in [5, 5.41) is 9.87. The number of phenols is 1. The predicted molar refractivity (Wildman–Crippen MR) is 98.7 cm³/mol. The Morgan fingerprint density at radius 3 is 2.56 bits per heavy atom. The standard InChI is InChI=1S/C20H24N2O3/c1-24-18-8-6-16(7-9-18)19(22-10-12-25-13-11-22)15-21-14-17-4-2-3-5-20(17)23/h2-9,14,19,23H,10-13,15H2,1H3/t19-/m0/s1. The Balaban J connectivity index is 1.77. The number of ether oxygens (including phenoxy) is 2. The van der Waals surface area contributed by atoms with Crippen molar-refractivity contribution >= 4 is 6.21 Å². The summed E-state index contributed by atoms with van der Waals surface area (Å²) in [7, 11) is 1.67. The number of benzene rings is 2. The molecule has 1 atom stereocenters. The van der Waals surface area contributed by atoms with Gasteiger partial charge < -0.3 is 14.6 Å². The Morgan fingerprint density at radius 1 is 1.16 bits per heavy atom. The Morgan fingerprint density at radius 2 is 1.88 bits per heavy atom. The quantitative estimate of drug-likeness (QED) is 0.822. The van der Waals surface area contributed by atoms with Crippen molar-refractivity contribution in [2.45, 2.75) is 6.04 Å². The fourth-order valence-electron chi connectivity index (χ4n) is 2.99. The Hall–Kier alpha value is -2.37. The zero-order valence-electron chi connectivity index (χ0n) is 14.5. The monoisotopic (exact) mass is 340 g/mol. The zero-order valence-corrected chi connectivity index (χ0v) is 14.5. The number of phenolic OH excluding ortho intramolecular Hbond substituents is 1. The first-order valence-corrected chi connectivity index (χ1v) is 8.51. The Kier molecular flexibility index (Phi) is 6.04. The topological polar surface area (TPSA) is 54.3 Å². The third kappa shape index (κ3) is 4.59. The normalized spacial score (nSPS) is 16.8. The summed E-state index contributed by atoms with van der Waals surface area (Å²) in [4.78, 5) is 6.99. The van der Waals surface area contributed by atoms with Crippen LogP contribution in [0.5, 0.6) is 11.5 Å². The van der Waals surface area contributed by atoms with E-state index in [1.807, 2.05) is 24.3 Å². The highest BCUT2D eigenvalue weighted by Gasteiger charge is 2.22. The summed E-state index contributed by atoms with van der Waals surface area (Å²) in [6, 6.07) is 15.6. The molecule has 0 spiro atoms. The molecule has 25 heavy (non-hydrogen) atoms. The number of methoxy groups -OCH3 is 1. The maximum atomic E-state index is 9.87. The van der Waals surface area contributed by atoms with Gasteiger partial charge in [0.05, 0.1) is 32.9 Å². The first-order valence-electron chi connectivity index (χ1n) is 8.51. The molecule has 1 aliphatic heterocycles. The molecule has 132 valence electrons. The molecule has 5 heteroatoms. The first-order chi connectivity index (χ1) is 12.3. The van der Waals surface area contributed by atoms with Crippen LogP contribution in [0.1, 0.15) is 17.2 Å². The van der Waals surface area contributed by atoms with Crippen LogP contribution in [0.3, 0.4) is 0 Å². The van der Waals surface area contributed by atoms with E-state index >= 15 is 0 Å². The average Bonchev–Trinajstić information content (AvgIpc) is 2.67. The van der Waals surface area contributed by atoms with E-state index in [0.29, 0.717) is 6.54 Å². The lowest BCUT2D eigenvalue weighted by Crippen LogP contribution is -2.40. The average molecular weight is 340 g/mol. The van der Waals surface area contributed by atoms with Gasteiger partial charge in [0.2, 0.25) is 0 Å². The van der Waals surface area contributed by atoms with Crippen molar-refractivity contribution in [2.24, 2.45) is 4.99 Å². The number of para-hydroxylation sites is 1. The molecular formula is C20H24N2O3. The van der Waals surface area contributed by atoms with Gasteiger partial charge in [-0.2, -0.15) is 0 Å². The van der Waals surface area contributed by atoms with Crippen molar-refractivity contribution < 1.29 is 14.6 Å². The van der Waals surface area contributed by atoms with E-state index < -0.39 is 0 Å². The first kappa shape index (κ1) is 17.5. The van der Waals surface area contributed by atoms with E-state index in [1.165, 1.54) is 5.56 Å². The highest BCUT2D eigenvalue weighted by Crippen LogP contribution is 2.24. The molecule has 1 aliphatic rings. The van der Waals surface area contributed by atoms with Gasteiger partial charge in [0.25, 0.3) is 0 Å². The van der Waals surface area contributed by atoms with Crippen LogP contribution in [-0.4, -0.2) is 56.2 Å². The second-order valence-corrected chi connectivity index (χ2v) is 5.99. The number of aromatic hydroxyl groups is 1. The number of morpholine rings is 1. The third-order valence-electron chi connectivity index (χ3n) is 4.43. The van der Waals surface area contributed by atoms with Crippen LogP contribution in [0.2, 0.25) is 0 Å². The molecule has 0 saturated carbocycles. The molecule has 0 unspecified atom stereocenters. The molecule has 3 rings (SSSR count). The van der Waals surface area contributed by atoms with Gasteiger partial charge in [0.1, 0.15) is 11.5 Å². The van der Waals surface area contributed by atoms with Crippen molar-refractivity contribution in [3.63, 3.8) is 0 Å². The van der Waals surface area contributed by atoms with Gasteiger partial charge in [-0.05, 0) is 29.8 Å². The number of rotatable bonds is 6. The predicted octanol–water partition coefficient (Wildman–Crippen LogP) is 2.89. The molecule has 0 bridgehead atoms. The minimum Gasteiger partial charge on any atom is -0.507 e. The second-order valence-electron chi connectivity index (χ2n) is 5.99.